The van der Waals surface area contributed by atoms with E-state index in [4.69, 9.17) is 17.3 Å². The molecule has 2 aromatic heterocycles. The van der Waals surface area contributed by atoms with Crippen molar-refractivity contribution in [3.63, 3.8) is 0 Å². The molecular formula is C19H19ClFN5O. The molecule has 0 unspecified atom stereocenters. The molecule has 0 amide bonds. The summed E-state index contributed by atoms with van der Waals surface area (Å²) in [4.78, 5) is 25.0. The molecule has 0 radical (unpaired) electrons. The Morgan fingerprint density at radius 3 is 2.81 bits per heavy atom. The third kappa shape index (κ3) is 3.78. The average Bonchev–Trinajstić information content (AvgIpc) is 3.47. The Morgan fingerprint density at radius 1 is 1.26 bits per heavy atom. The number of aromatic nitrogens is 4. The molecule has 0 saturated heterocycles. The number of nitrogens with two attached hydrogens (primary N) is 1. The van der Waals surface area contributed by atoms with Crippen molar-refractivity contribution < 1.29 is 4.39 Å². The van der Waals surface area contributed by atoms with Crippen LogP contribution in [-0.2, 0) is 6.54 Å². The fraction of sp³-hybridized carbons (Fsp3) is 0.368. The maximum Gasteiger partial charge on any atom is 0.261 e. The van der Waals surface area contributed by atoms with Gasteiger partial charge in [-0.1, -0.05) is 37.3 Å². The fourth-order valence-electron chi connectivity index (χ4n) is 3.14. The zero-order chi connectivity index (χ0) is 19.0. The molecule has 4 rings (SSSR count). The minimum atomic E-state index is -0.602. The number of aryl methyl sites for hydroxylation is 1. The minimum Gasteiger partial charge on any atom is -0.382 e. The quantitative estimate of drug-likeness (QED) is 0.650. The van der Waals surface area contributed by atoms with E-state index in [1.165, 1.54) is 43.9 Å². The van der Waals surface area contributed by atoms with Gasteiger partial charge in [0.1, 0.15) is 16.7 Å². The molecule has 8 heteroatoms. The van der Waals surface area contributed by atoms with E-state index in [1.807, 2.05) is 0 Å². The molecule has 3 aromatic rings. The molecule has 2 heterocycles. The molecule has 140 valence electrons. The third-order valence-electron chi connectivity index (χ3n) is 4.88. The summed E-state index contributed by atoms with van der Waals surface area (Å²) in [6, 6.07) is 2.65. The Labute approximate surface area is 160 Å². The van der Waals surface area contributed by atoms with Gasteiger partial charge in [0.25, 0.3) is 5.56 Å². The predicted molar refractivity (Wildman–Crippen MR) is 103 cm³/mol. The second-order valence-electron chi connectivity index (χ2n) is 6.96. The normalized spacial score (nSPS) is 14.0. The number of anilines is 1. The van der Waals surface area contributed by atoms with Crippen molar-refractivity contribution in [1.29, 1.82) is 0 Å². The number of nitrogens with zero attached hydrogens (tertiary/aromatic N) is 4. The second-order valence-corrected chi connectivity index (χ2v) is 7.37. The minimum absolute atomic E-state index is 0.0655. The molecule has 1 fully saturated rings. The van der Waals surface area contributed by atoms with Crippen LogP contribution in [0.1, 0.15) is 32.1 Å². The summed E-state index contributed by atoms with van der Waals surface area (Å²) in [7, 11) is 0. The first-order valence-electron chi connectivity index (χ1n) is 9.00. The van der Waals surface area contributed by atoms with E-state index >= 15 is 0 Å². The molecule has 0 bridgehead atoms. The lowest BCUT2D eigenvalue weighted by Gasteiger charge is -2.09. The van der Waals surface area contributed by atoms with Gasteiger partial charge < -0.3 is 5.73 Å². The molecule has 0 spiro atoms. The topological polar surface area (TPSA) is 86.7 Å². The Balaban J connectivity index is 1.63. The van der Waals surface area contributed by atoms with Crippen LogP contribution in [0.5, 0.6) is 0 Å². The van der Waals surface area contributed by atoms with Gasteiger partial charge >= 0.3 is 0 Å². The Morgan fingerprint density at radius 2 is 2.07 bits per heavy atom. The number of unbranched alkanes of at least 4 members (excludes halogenated alkanes) is 1. The lowest BCUT2D eigenvalue weighted by Crippen LogP contribution is -2.21. The van der Waals surface area contributed by atoms with Gasteiger partial charge in [-0.05, 0) is 24.5 Å². The summed E-state index contributed by atoms with van der Waals surface area (Å²) < 4.78 is 16.2. The van der Waals surface area contributed by atoms with Crippen LogP contribution in [0, 0.1) is 11.7 Å². The molecule has 1 aliphatic rings. The van der Waals surface area contributed by atoms with Crippen molar-refractivity contribution >= 4 is 28.3 Å². The van der Waals surface area contributed by atoms with Crippen molar-refractivity contribution in [2.75, 3.05) is 5.73 Å². The highest BCUT2D eigenvalue weighted by Gasteiger charge is 2.20. The Hall–Kier alpha value is -2.54. The predicted octanol–water partition coefficient (Wildman–Crippen LogP) is 3.81. The van der Waals surface area contributed by atoms with Gasteiger partial charge in [0.15, 0.2) is 5.82 Å². The number of nitrogen functional groups attached to an aromatic ring is 1. The van der Waals surface area contributed by atoms with Crippen LogP contribution in [0.15, 0.2) is 29.5 Å². The highest BCUT2D eigenvalue weighted by atomic mass is 35.5. The number of halogens is 2. The van der Waals surface area contributed by atoms with E-state index < -0.39 is 5.82 Å². The summed E-state index contributed by atoms with van der Waals surface area (Å²) >= 11 is 5.81. The van der Waals surface area contributed by atoms with E-state index in [2.05, 4.69) is 15.0 Å². The van der Waals surface area contributed by atoms with Crippen molar-refractivity contribution in [2.45, 2.75) is 38.6 Å². The van der Waals surface area contributed by atoms with Crippen LogP contribution in [-0.4, -0.2) is 19.5 Å². The van der Waals surface area contributed by atoms with E-state index in [1.54, 1.807) is 4.57 Å². The smallest absolute Gasteiger partial charge is 0.261 e. The molecule has 0 aliphatic heterocycles. The van der Waals surface area contributed by atoms with E-state index in [0.29, 0.717) is 12.1 Å². The summed E-state index contributed by atoms with van der Waals surface area (Å²) in [6.07, 6.45) is 8.73. The summed E-state index contributed by atoms with van der Waals surface area (Å²) in [5, 5.41) is 0.436. The molecule has 1 aliphatic carbocycles. The number of rotatable bonds is 6. The molecule has 6 nitrogen and oxygen atoms in total. The van der Waals surface area contributed by atoms with Gasteiger partial charge in [0.05, 0.1) is 29.0 Å². The molecular weight excluding hydrogens is 369 g/mol. The van der Waals surface area contributed by atoms with Gasteiger partial charge in [0.2, 0.25) is 0 Å². The van der Waals surface area contributed by atoms with Gasteiger partial charge in [-0.3, -0.25) is 9.36 Å². The van der Waals surface area contributed by atoms with Gasteiger partial charge in [-0.15, -0.1) is 0 Å². The summed E-state index contributed by atoms with van der Waals surface area (Å²) in [5.41, 5.74) is 5.94. The molecule has 27 heavy (non-hydrogen) atoms. The van der Waals surface area contributed by atoms with E-state index in [-0.39, 0.29) is 33.2 Å². The zero-order valence-electron chi connectivity index (χ0n) is 14.7. The number of fused-ring (bicyclic) bond motifs is 1. The van der Waals surface area contributed by atoms with Gasteiger partial charge in [0, 0.05) is 6.54 Å². The largest absolute Gasteiger partial charge is 0.382 e. The van der Waals surface area contributed by atoms with Crippen molar-refractivity contribution in [1.82, 2.24) is 19.5 Å². The Kier molecular flexibility index (Phi) is 4.78. The average molecular weight is 388 g/mol. The van der Waals surface area contributed by atoms with Crippen LogP contribution in [0.2, 0.25) is 5.02 Å². The first kappa shape index (κ1) is 17.9. The summed E-state index contributed by atoms with van der Waals surface area (Å²) in [6.45, 7) is 0.592. The van der Waals surface area contributed by atoms with Crippen LogP contribution in [0.25, 0.3) is 22.3 Å². The fourth-order valence-corrected chi connectivity index (χ4v) is 3.23. The van der Waals surface area contributed by atoms with Crippen molar-refractivity contribution in [3.05, 3.63) is 45.9 Å². The maximum absolute atomic E-state index is 14.6. The SMILES string of the molecule is Nc1nc(-c2cc3ncn(CCCCC4CC4)c(=O)c3cc2F)ncc1Cl. The number of hydrogen-bond donors (Lipinski definition) is 1. The van der Waals surface area contributed by atoms with E-state index in [0.717, 1.165) is 18.8 Å². The van der Waals surface area contributed by atoms with Crippen molar-refractivity contribution in [2.24, 2.45) is 5.92 Å². The Bertz CT molecular complexity index is 1060. The highest BCUT2D eigenvalue weighted by Crippen LogP contribution is 2.33. The molecule has 1 aromatic carbocycles. The summed E-state index contributed by atoms with van der Waals surface area (Å²) in [5.74, 6) is 0.445. The van der Waals surface area contributed by atoms with Crippen LogP contribution in [0.3, 0.4) is 0 Å². The highest BCUT2D eigenvalue weighted by molar-refractivity contribution is 6.32. The van der Waals surface area contributed by atoms with Crippen LogP contribution >= 0.6 is 11.6 Å². The van der Waals surface area contributed by atoms with Gasteiger partial charge in [-0.2, -0.15) is 0 Å². The molecule has 1 saturated carbocycles. The maximum atomic E-state index is 14.6. The van der Waals surface area contributed by atoms with Gasteiger partial charge in [-0.25, -0.2) is 19.3 Å². The van der Waals surface area contributed by atoms with E-state index in [9.17, 15) is 9.18 Å². The molecule has 0 atom stereocenters. The van der Waals surface area contributed by atoms with Crippen molar-refractivity contribution in [3.8, 4) is 11.4 Å². The lowest BCUT2D eigenvalue weighted by molar-refractivity contribution is 0.551. The van der Waals surface area contributed by atoms with Crippen LogP contribution in [0.4, 0.5) is 10.2 Å². The first-order valence-corrected chi connectivity index (χ1v) is 9.38. The first-order chi connectivity index (χ1) is 13.0. The second kappa shape index (κ2) is 7.23. The monoisotopic (exact) mass is 387 g/mol. The number of hydrogen-bond acceptors (Lipinski definition) is 5. The molecule has 2 N–H and O–H groups in total. The zero-order valence-corrected chi connectivity index (χ0v) is 15.4. The van der Waals surface area contributed by atoms with Crippen LogP contribution < -0.4 is 11.3 Å². The lowest BCUT2D eigenvalue weighted by atomic mass is 10.1. The third-order valence-corrected chi connectivity index (χ3v) is 5.17. The number of benzene rings is 1. The standard InChI is InChI=1S/C19H19ClFN5O/c20-14-9-23-18(25-17(14)22)12-8-16-13(7-15(12)21)19(27)26(10-24-16)6-2-1-3-11-4-5-11/h7-11H,1-6H2,(H2,22,23,25).